The number of ether oxygens (including phenoxy) is 3. The van der Waals surface area contributed by atoms with E-state index in [1.54, 1.807) is 30.3 Å². The first-order valence-electron chi connectivity index (χ1n) is 19.5. The molecule has 0 bridgehead atoms. The Morgan fingerprint density at radius 3 is 2.54 bits per heavy atom. The SMILES string of the molecule is CC(C)CCC[C@@H](C)[C@H]1CC[C@H]2[C@@H]3/C(=N/OC(=O)/C=C/c4ccc5c(c4)OCO5)C=C4C[C@@H](OC(=O)c5ccc(Cl)cc5)CC[C@]4(C)[C@H]3CC[C@]12C. The Bertz CT molecular complexity index is 1750. The van der Waals surface area contributed by atoms with Crippen molar-refractivity contribution >= 4 is 35.3 Å². The summed E-state index contributed by atoms with van der Waals surface area (Å²) in [4.78, 5) is 32.0. The van der Waals surface area contributed by atoms with E-state index in [2.05, 4.69) is 40.7 Å². The van der Waals surface area contributed by atoms with Crippen LogP contribution in [0, 0.1) is 46.3 Å². The minimum atomic E-state index is -0.520. The minimum absolute atomic E-state index is 0.0293. The molecule has 0 aromatic heterocycles. The Hall–Kier alpha value is -3.58. The van der Waals surface area contributed by atoms with Gasteiger partial charge in [0.2, 0.25) is 6.79 Å². The standard InChI is InChI=1S/C44H54ClNO6/c1-27(2)7-6-8-28(3)34-15-16-35-41-36(20-22-44(34,35)5)43(4)21-19-33(51-42(48)30-11-13-32(45)14-12-30)24-31(43)25-37(41)46-52-40(47)18-10-29-9-17-38-39(23-29)50-26-49-38/h9-14,17-18,23,25,27-28,33-36,41H,6-8,15-16,19-22,24,26H2,1-5H3/b18-10+,46-37+/t28-,33+,34-,35+,36+,41+,43+,44-/m1/s1. The van der Waals surface area contributed by atoms with Gasteiger partial charge in [0.25, 0.3) is 0 Å². The highest BCUT2D eigenvalue weighted by Gasteiger charge is 2.61. The van der Waals surface area contributed by atoms with Gasteiger partial charge in [-0.2, -0.15) is 0 Å². The van der Waals surface area contributed by atoms with Crippen molar-refractivity contribution in [2.75, 3.05) is 6.79 Å². The van der Waals surface area contributed by atoms with Crippen molar-refractivity contribution in [2.24, 2.45) is 51.5 Å². The predicted molar refractivity (Wildman–Crippen MR) is 204 cm³/mol. The molecule has 8 atom stereocenters. The van der Waals surface area contributed by atoms with Crippen molar-refractivity contribution in [1.82, 2.24) is 0 Å². The van der Waals surface area contributed by atoms with E-state index in [0.29, 0.717) is 52.2 Å². The summed E-state index contributed by atoms with van der Waals surface area (Å²) in [6.07, 6.45) is 16.1. The summed E-state index contributed by atoms with van der Waals surface area (Å²) in [5, 5.41) is 5.29. The molecular formula is C44H54ClNO6. The highest BCUT2D eigenvalue weighted by Crippen LogP contribution is 2.67. The molecule has 5 aliphatic rings. The van der Waals surface area contributed by atoms with Crippen molar-refractivity contribution in [3.05, 3.63) is 76.3 Å². The topological polar surface area (TPSA) is 83.4 Å². The zero-order valence-corrected chi connectivity index (χ0v) is 32.1. The van der Waals surface area contributed by atoms with E-state index < -0.39 is 5.97 Å². The monoisotopic (exact) mass is 727 g/mol. The summed E-state index contributed by atoms with van der Waals surface area (Å²) in [5.74, 6) is 3.67. The first kappa shape index (κ1) is 36.8. The van der Waals surface area contributed by atoms with Gasteiger partial charge in [0.1, 0.15) is 6.10 Å². The highest BCUT2D eigenvalue weighted by molar-refractivity contribution is 6.30. The summed E-state index contributed by atoms with van der Waals surface area (Å²) in [7, 11) is 0. The number of allylic oxidation sites excluding steroid dienone is 1. The van der Waals surface area contributed by atoms with Crippen molar-refractivity contribution in [2.45, 2.75) is 105 Å². The number of rotatable bonds is 10. The Labute approximate surface area is 314 Å². The average Bonchev–Trinajstić information content (AvgIpc) is 3.74. The van der Waals surface area contributed by atoms with Gasteiger partial charge in [0.05, 0.1) is 11.3 Å². The third kappa shape index (κ3) is 7.31. The summed E-state index contributed by atoms with van der Waals surface area (Å²) in [5.41, 5.74) is 3.62. The van der Waals surface area contributed by atoms with E-state index in [-0.39, 0.29) is 35.6 Å². The third-order valence-electron chi connectivity index (χ3n) is 13.5. The van der Waals surface area contributed by atoms with Crippen molar-refractivity contribution < 1.29 is 28.6 Å². The predicted octanol–water partition coefficient (Wildman–Crippen LogP) is 10.9. The van der Waals surface area contributed by atoms with E-state index in [1.807, 2.05) is 18.2 Å². The minimum Gasteiger partial charge on any atom is -0.458 e. The normalized spacial score (nSPS) is 31.9. The van der Waals surface area contributed by atoms with Crippen LogP contribution in [0.5, 0.6) is 11.5 Å². The van der Waals surface area contributed by atoms with Gasteiger partial charge in [-0.25, -0.2) is 9.59 Å². The second kappa shape index (κ2) is 15.0. The smallest absolute Gasteiger partial charge is 0.358 e. The molecule has 0 unspecified atom stereocenters. The van der Waals surface area contributed by atoms with E-state index in [4.69, 9.17) is 35.8 Å². The molecular weight excluding hydrogens is 674 g/mol. The van der Waals surface area contributed by atoms with Crippen molar-refractivity contribution in [3.8, 4) is 11.5 Å². The van der Waals surface area contributed by atoms with Crippen LogP contribution in [0.2, 0.25) is 5.02 Å². The van der Waals surface area contributed by atoms with E-state index >= 15 is 0 Å². The lowest BCUT2D eigenvalue weighted by molar-refractivity contribution is -0.137. The van der Waals surface area contributed by atoms with Gasteiger partial charge in [-0.05, 0) is 133 Å². The molecule has 4 aliphatic carbocycles. The lowest BCUT2D eigenvalue weighted by atomic mass is 9.46. The number of fused-ring (bicyclic) bond motifs is 6. The Kier molecular flexibility index (Phi) is 10.6. The quantitative estimate of drug-likeness (QED) is 0.105. The lowest BCUT2D eigenvalue weighted by Gasteiger charge is -2.58. The van der Waals surface area contributed by atoms with E-state index in [0.717, 1.165) is 36.5 Å². The molecule has 3 saturated carbocycles. The van der Waals surface area contributed by atoms with Gasteiger partial charge < -0.3 is 19.0 Å². The molecule has 52 heavy (non-hydrogen) atoms. The fourth-order valence-corrected chi connectivity index (χ4v) is 10.8. The molecule has 0 radical (unpaired) electrons. The maximum Gasteiger partial charge on any atom is 0.358 e. The van der Waals surface area contributed by atoms with Crippen LogP contribution in [0.1, 0.15) is 115 Å². The number of carbonyl (C=O) groups is 2. The van der Waals surface area contributed by atoms with Crippen LogP contribution in [0.25, 0.3) is 6.08 Å². The number of halogens is 1. The van der Waals surface area contributed by atoms with Crippen LogP contribution in [0.3, 0.4) is 0 Å². The number of esters is 1. The highest BCUT2D eigenvalue weighted by atomic mass is 35.5. The Balaban J connectivity index is 1.14. The van der Waals surface area contributed by atoms with Gasteiger partial charge in [-0.15, -0.1) is 0 Å². The zero-order chi connectivity index (χ0) is 36.6. The molecule has 1 aliphatic heterocycles. The van der Waals surface area contributed by atoms with Crippen LogP contribution in [0.15, 0.2) is 65.3 Å². The first-order valence-corrected chi connectivity index (χ1v) is 19.9. The van der Waals surface area contributed by atoms with E-state index in [9.17, 15) is 9.59 Å². The molecule has 3 fully saturated rings. The number of oxime groups is 1. The van der Waals surface area contributed by atoms with Gasteiger partial charge in [0.15, 0.2) is 11.5 Å². The summed E-state index contributed by atoms with van der Waals surface area (Å²) < 4.78 is 17.0. The molecule has 278 valence electrons. The lowest BCUT2D eigenvalue weighted by Crippen LogP contribution is -2.54. The molecule has 7 nitrogen and oxygen atoms in total. The largest absolute Gasteiger partial charge is 0.458 e. The number of nitrogens with zero attached hydrogens (tertiary/aromatic N) is 1. The van der Waals surface area contributed by atoms with Crippen molar-refractivity contribution in [3.63, 3.8) is 0 Å². The molecule has 0 amide bonds. The number of carbonyl (C=O) groups excluding carboxylic acids is 2. The zero-order valence-electron chi connectivity index (χ0n) is 31.4. The Morgan fingerprint density at radius 2 is 1.75 bits per heavy atom. The molecule has 0 spiro atoms. The van der Waals surface area contributed by atoms with Gasteiger partial charge in [-0.1, -0.05) is 82.3 Å². The van der Waals surface area contributed by atoms with Crippen LogP contribution >= 0.6 is 11.6 Å². The molecule has 0 N–H and O–H groups in total. The van der Waals surface area contributed by atoms with Gasteiger partial charge in [-0.3, -0.25) is 0 Å². The molecule has 0 saturated heterocycles. The third-order valence-corrected chi connectivity index (χ3v) is 13.8. The number of hydrogen-bond donors (Lipinski definition) is 0. The van der Waals surface area contributed by atoms with Gasteiger partial charge >= 0.3 is 11.9 Å². The maximum atomic E-state index is 13.1. The van der Waals surface area contributed by atoms with Crippen LogP contribution in [-0.4, -0.2) is 30.5 Å². The maximum absolute atomic E-state index is 13.1. The van der Waals surface area contributed by atoms with Crippen LogP contribution in [-0.2, 0) is 14.4 Å². The molecule has 8 heteroatoms. The first-order chi connectivity index (χ1) is 24.9. The second-order valence-electron chi connectivity index (χ2n) is 17.0. The van der Waals surface area contributed by atoms with E-state index in [1.165, 1.54) is 50.2 Å². The molecule has 1 heterocycles. The summed E-state index contributed by atoms with van der Waals surface area (Å²) >= 11 is 6.06. The number of hydrogen-bond acceptors (Lipinski definition) is 7. The van der Waals surface area contributed by atoms with Crippen LogP contribution in [0.4, 0.5) is 0 Å². The van der Waals surface area contributed by atoms with Crippen LogP contribution < -0.4 is 9.47 Å². The second-order valence-corrected chi connectivity index (χ2v) is 17.4. The molecule has 2 aromatic rings. The van der Waals surface area contributed by atoms with Crippen molar-refractivity contribution in [1.29, 1.82) is 0 Å². The average molecular weight is 728 g/mol. The summed E-state index contributed by atoms with van der Waals surface area (Å²) in [6, 6.07) is 12.4. The Morgan fingerprint density at radius 1 is 0.962 bits per heavy atom. The molecule has 2 aromatic carbocycles. The number of benzene rings is 2. The fraction of sp³-hybridized carbons (Fsp3) is 0.568. The van der Waals surface area contributed by atoms with Gasteiger partial charge in [0, 0.05) is 23.4 Å². The molecule has 7 rings (SSSR count). The summed E-state index contributed by atoms with van der Waals surface area (Å²) in [6.45, 7) is 12.3. The fourth-order valence-electron chi connectivity index (χ4n) is 10.7.